The Balaban J connectivity index is 5.18. The summed E-state index contributed by atoms with van der Waals surface area (Å²) in [6.45, 7) is 0. The van der Waals surface area contributed by atoms with Crippen LogP contribution in [0, 0.1) is 5.92 Å². The maximum absolute atomic E-state index is 12.3. The van der Waals surface area contributed by atoms with E-state index in [9.17, 15) is 22.8 Å². The highest BCUT2D eigenvalue weighted by molar-refractivity contribution is 5.82. The zero-order chi connectivity index (χ0) is 13.1. The lowest BCUT2D eigenvalue weighted by Gasteiger charge is -2.27. The topological polar surface area (TPSA) is 107 Å². The van der Waals surface area contributed by atoms with E-state index >= 15 is 0 Å². The summed E-state index contributed by atoms with van der Waals surface area (Å²) in [5.41, 5.74) is 0. The molecule has 0 amide bonds. The van der Waals surface area contributed by atoms with E-state index in [0.717, 1.165) is 7.05 Å². The average molecular weight is 245 g/mol. The van der Waals surface area contributed by atoms with Crippen LogP contribution in [0.3, 0.4) is 0 Å². The molecule has 6 nitrogen and oxygen atoms in total. The Bertz CT molecular complexity index is 280. The molecule has 0 saturated heterocycles. The molecule has 94 valence electrons. The van der Waals surface area contributed by atoms with Gasteiger partial charge in [-0.15, -0.1) is 0 Å². The molecular weight excluding hydrogens is 235 g/mol. The molecule has 0 aliphatic heterocycles. The number of halogens is 3. The SMILES string of the molecule is CN[C@H]([C@@H](C(=O)O)[C@H](O)C(=O)O)C(F)(F)F. The highest BCUT2D eigenvalue weighted by atomic mass is 19.4. The van der Waals surface area contributed by atoms with Gasteiger partial charge in [-0.1, -0.05) is 0 Å². The number of carboxylic acids is 2. The quantitative estimate of drug-likeness (QED) is 0.509. The first kappa shape index (κ1) is 14.6. The van der Waals surface area contributed by atoms with Crippen LogP contribution in [0.25, 0.3) is 0 Å². The Kier molecular flexibility index (Phi) is 4.69. The molecule has 0 aromatic heterocycles. The van der Waals surface area contributed by atoms with E-state index in [2.05, 4.69) is 0 Å². The van der Waals surface area contributed by atoms with Crippen molar-refractivity contribution in [2.24, 2.45) is 5.92 Å². The largest absolute Gasteiger partial charge is 0.481 e. The second-order valence-electron chi connectivity index (χ2n) is 2.96. The van der Waals surface area contributed by atoms with Crippen molar-refractivity contribution in [2.75, 3.05) is 7.05 Å². The van der Waals surface area contributed by atoms with E-state index in [1.165, 1.54) is 0 Å². The Hall–Kier alpha value is -1.35. The predicted molar refractivity (Wildman–Crippen MR) is 43.7 cm³/mol. The normalized spacial score (nSPS) is 17.6. The van der Waals surface area contributed by atoms with Crippen molar-refractivity contribution >= 4 is 11.9 Å². The molecule has 0 aromatic carbocycles. The Morgan fingerprint density at radius 1 is 1.19 bits per heavy atom. The summed E-state index contributed by atoms with van der Waals surface area (Å²) in [4.78, 5) is 20.8. The number of carboxylic acid groups (broad SMARTS) is 2. The van der Waals surface area contributed by atoms with Crippen molar-refractivity contribution in [3.63, 3.8) is 0 Å². The maximum Gasteiger partial charge on any atom is 0.404 e. The lowest BCUT2D eigenvalue weighted by molar-refractivity contribution is -0.191. The summed E-state index contributed by atoms with van der Waals surface area (Å²) in [5, 5.41) is 27.3. The number of hydrogen-bond donors (Lipinski definition) is 4. The molecule has 0 aromatic rings. The monoisotopic (exact) mass is 245 g/mol. The third-order valence-electron chi connectivity index (χ3n) is 1.90. The molecule has 0 fully saturated rings. The smallest absolute Gasteiger partial charge is 0.404 e. The van der Waals surface area contributed by atoms with Crippen LogP contribution in [0.2, 0.25) is 0 Å². The molecule has 4 N–H and O–H groups in total. The van der Waals surface area contributed by atoms with E-state index in [4.69, 9.17) is 15.3 Å². The van der Waals surface area contributed by atoms with E-state index in [-0.39, 0.29) is 0 Å². The fourth-order valence-electron chi connectivity index (χ4n) is 1.16. The van der Waals surface area contributed by atoms with Gasteiger partial charge < -0.3 is 20.6 Å². The van der Waals surface area contributed by atoms with Crippen molar-refractivity contribution in [1.82, 2.24) is 5.32 Å². The highest BCUT2D eigenvalue weighted by Crippen LogP contribution is 2.27. The van der Waals surface area contributed by atoms with Crippen LogP contribution in [0.15, 0.2) is 0 Å². The summed E-state index contributed by atoms with van der Waals surface area (Å²) in [6.07, 6.45) is -7.62. The van der Waals surface area contributed by atoms with Crippen molar-refractivity contribution < 1.29 is 38.1 Å². The maximum atomic E-state index is 12.3. The van der Waals surface area contributed by atoms with Gasteiger partial charge in [0.1, 0.15) is 12.0 Å². The summed E-state index contributed by atoms with van der Waals surface area (Å²) in [5.74, 6) is -6.59. The van der Waals surface area contributed by atoms with Gasteiger partial charge in [0.25, 0.3) is 0 Å². The van der Waals surface area contributed by atoms with Crippen LogP contribution < -0.4 is 5.32 Å². The predicted octanol–water partition coefficient (Wildman–Crippen LogP) is -0.717. The van der Waals surface area contributed by atoms with Gasteiger partial charge in [0, 0.05) is 0 Å². The first-order valence-corrected chi connectivity index (χ1v) is 4.00. The van der Waals surface area contributed by atoms with E-state index in [0.29, 0.717) is 0 Å². The molecule has 0 heterocycles. The third-order valence-corrected chi connectivity index (χ3v) is 1.90. The summed E-state index contributed by atoms with van der Waals surface area (Å²) in [6, 6.07) is -2.64. The van der Waals surface area contributed by atoms with Gasteiger partial charge in [-0.2, -0.15) is 13.2 Å². The zero-order valence-corrected chi connectivity index (χ0v) is 8.02. The highest BCUT2D eigenvalue weighted by Gasteiger charge is 2.51. The van der Waals surface area contributed by atoms with Gasteiger partial charge in [-0.05, 0) is 7.05 Å². The molecule has 0 spiro atoms. The van der Waals surface area contributed by atoms with Gasteiger partial charge in [0.2, 0.25) is 0 Å². The van der Waals surface area contributed by atoms with E-state index in [1.807, 2.05) is 0 Å². The summed E-state index contributed by atoms with van der Waals surface area (Å²) in [7, 11) is 0.822. The molecule has 0 radical (unpaired) electrons. The number of hydrogen-bond acceptors (Lipinski definition) is 4. The van der Waals surface area contributed by atoms with E-state index in [1.54, 1.807) is 5.32 Å². The van der Waals surface area contributed by atoms with Crippen LogP contribution in [0.4, 0.5) is 13.2 Å². The Morgan fingerprint density at radius 2 is 1.62 bits per heavy atom. The molecule has 0 aliphatic rings. The second-order valence-corrected chi connectivity index (χ2v) is 2.96. The van der Waals surface area contributed by atoms with Crippen molar-refractivity contribution in [1.29, 1.82) is 0 Å². The van der Waals surface area contributed by atoms with Crippen molar-refractivity contribution in [2.45, 2.75) is 18.3 Å². The van der Waals surface area contributed by atoms with Gasteiger partial charge >= 0.3 is 18.1 Å². The van der Waals surface area contributed by atoms with Crippen LogP contribution in [0.1, 0.15) is 0 Å². The fourth-order valence-corrected chi connectivity index (χ4v) is 1.16. The van der Waals surface area contributed by atoms with Crippen LogP contribution in [0.5, 0.6) is 0 Å². The molecule has 9 heteroatoms. The number of alkyl halides is 3. The molecule has 0 bridgehead atoms. The molecule has 0 saturated carbocycles. The number of aliphatic carboxylic acids is 2. The minimum Gasteiger partial charge on any atom is -0.481 e. The number of carbonyl (C=O) groups is 2. The van der Waals surface area contributed by atoms with Crippen molar-refractivity contribution in [3.05, 3.63) is 0 Å². The third kappa shape index (κ3) is 3.35. The Labute approximate surface area is 87.7 Å². The first-order chi connectivity index (χ1) is 7.12. The van der Waals surface area contributed by atoms with Crippen LogP contribution >= 0.6 is 0 Å². The van der Waals surface area contributed by atoms with Gasteiger partial charge in [0.05, 0.1) is 0 Å². The number of rotatable bonds is 5. The molecular formula is C7H10F3NO5. The number of aliphatic hydroxyl groups is 1. The van der Waals surface area contributed by atoms with Crippen LogP contribution in [-0.2, 0) is 9.59 Å². The van der Waals surface area contributed by atoms with Gasteiger partial charge in [-0.25, -0.2) is 4.79 Å². The minimum atomic E-state index is -4.98. The standard InChI is InChI=1S/C7H10F3NO5/c1-11-4(7(8,9)10)2(5(13)14)3(12)6(15)16/h2-4,11-12H,1H3,(H,13,14)(H,15,16)/t2-,3-,4+/m0/s1. The number of nitrogens with one attached hydrogen (secondary N) is 1. The second kappa shape index (κ2) is 5.12. The molecule has 0 aliphatic carbocycles. The lowest BCUT2D eigenvalue weighted by Crippen LogP contribution is -2.54. The zero-order valence-electron chi connectivity index (χ0n) is 8.02. The van der Waals surface area contributed by atoms with Gasteiger partial charge in [0.15, 0.2) is 6.10 Å². The summed E-state index contributed by atoms with van der Waals surface area (Å²) < 4.78 is 37.0. The summed E-state index contributed by atoms with van der Waals surface area (Å²) >= 11 is 0. The molecule has 0 unspecified atom stereocenters. The fraction of sp³-hybridized carbons (Fsp3) is 0.714. The van der Waals surface area contributed by atoms with Crippen molar-refractivity contribution in [3.8, 4) is 0 Å². The lowest BCUT2D eigenvalue weighted by atomic mass is 9.93. The van der Waals surface area contributed by atoms with Crippen LogP contribution in [-0.4, -0.2) is 52.6 Å². The molecule has 16 heavy (non-hydrogen) atoms. The molecule has 0 rings (SSSR count). The minimum absolute atomic E-state index is 0.822. The Morgan fingerprint density at radius 3 is 1.81 bits per heavy atom. The van der Waals surface area contributed by atoms with Gasteiger partial charge in [-0.3, -0.25) is 4.79 Å². The first-order valence-electron chi connectivity index (χ1n) is 4.00. The van der Waals surface area contributed by atoms with E-state index < -0.39 is 36.2 Å². The number of aliphatic hydroxyl groups excluding tert-OH is 1. The molecule has 3 atom stereocenters. The average Bonchev–Trinajstić information content (AvgIpc) is 2.09.